The monoisotopic (exact) mass is 314 g/mol. The molecule has 1 aromatic carbocycles. The molecule has 0 aliphatic carbocycles. The molecule has 1 saturated heterocycles. The van der Waals surface area contributed by atoms with E-state index in [1.54, 1.807) is 6.07 Å². The number of halogens is 2. The highest BCUT2D eigenvalue weighted by atomic mass is 79.9. The number of rotatable bonds is 3. The van der Waals surface area contributed by atoms with E-state index < -0.39 is 5.82 Å². The Bertz CT molecular complexity index is 433. The summed E-state index contributed by atoms with van der Waals surface area (Å²) in [5, 5.41) is 6.08. The number of carbonyl (C=O) groups excluding carboxylic acids is 1. The second-order valence-corrected chi connectivity index (χ2v) is 5.44. The van der Waals surface area contributed by atoms with Gasteiger partial charge in [-0.1, -0.05) is 15.9 Å². The molecule has 18 heavy (non-hydrogen) atoms. The lowest BCUT2D eigenvalue weighted by Gasteiger charge is -2.22. The third kappa shape index (κ3) is 3.53. The molecule has 3 nitrogen and oxygen atoms in total. The molecule has 5 heteroatoms. The predicted octanol–water partition coefficient (Wildman–Crippen LogP) is 2.32. The van der Waals surface area contributed by atoms with E-state index >= 15 is 0 Å². The van der Waals surface area contributed by atoms with E-state index in [1.165, 1.54) is 12.1 Å². The summed E-state index contributed by atoms with van der Waals surface area (Å²) < 4.78 is 14.2. The molecule has 2 N–H and O–H groups in total. The Morgan fingerprint density at radius 2 is 2.17 bits per heavy atom. The molecule has 1 aromatic rings. The van der Waals surface area contributed by atoms with E-state index in [0.29, 0.717) is 16.9 Å². The Balaban J connectivity index is 1.90. The van der Waals surface area contributed by atoms with Crippen molar-refractivity contribution in [2.75, 3.05) is 19.6 Å². The molecular formula is C13H16BrFN2O. The van der Waals surface area contributed by atoms with Crippen molar-refractivity contribution in [2.24, 2.45) is 5.92 Å². The molecule has 0 bridgehead atoms. The van der Waals surface area contributed by atoms with Gasteiger partial charge in [0.1, 0.15) is 5.82 Å². The first-order valence-corrected chi connectivity index (χ1v) is 6.90. The van der Waals surface area contributed by atoms with Crippen LogP contribution in [0, 0.1) is 11.7 Å². The lowest BCUT2D eigenvalue weighted by Crippen LogP contribution is -2.36. The molecule has 0 radical (unpaired) electrons. The fraction of sp³-hybridized carbons (Fsp3) is 0.462. The van der Waals surface area contributed by atoms with Crippen LogP contribution in [-0.2, 0) is 0 Å². The first kappa shape index (κ1) is 13.5. The van der Waals surface area contributed by atoms with Crippen LogP contribution >= 0.6 is 15.9 Å². The van der Waals surface area contributed by atoms with E-state index in [2.05, 4.69) is 26.6 Å². The average molecular weight is 315 g/mol. The summed E-state index contributed by atoms with van der Waals surface area (Å²) in [5.41, 5.74) is 0.104. The van der Waals surface area contributed by atoms with Gasteiger partial charge in [-0.2, -0.15) is 0 Å². The van der Waals surface area contributed by atoms with Crippen LogP contribution in [0.3, 0.4) is 0 Å². The van der Waals surface area contributed by atoms with Gasteiger partial charge in [-0.15, -0.1) is 0 Å². The maximum Gasteiger partial charge on any atom is 0.254 e. The summed E-state index contributed by atoms with van der Waals surface area (Å²) in [5.74, 6) is -0.334. The number of hydrogen-bond donors (Lipinski definition) is 2. The van der Waals surface area contributed by atoms with Gasteiger partial charge in [-0.25, -0.2) is 4.39 Å². The van der Waals surface area contributed by atoms with E-state index in [9.17, 15) is 9.18 Å². The van der Waals surface area contributed by atoms with Gasteiger partial charge in [0.15, 0.2) is 0 Å². The van der Waals surface area contributed by atoms with Crippen LogP contribution in [0.2, 0.25) is 0 Å². The molecule has 1 fully saturated rings. The van der Waals surface area contributed by atoms with Gasteiger partial charge in [0, 0.05) is 11.0 Å². The van der Waals surface area contributed by atoms with Crippen LogP contribution in [0.4, 0.5) is 4.39 Å². The molecule has 1 aliphatic heterocycles. The van der Waals surface area contributed by atoms with Gasteiger partial charge in [-0.3, -0.25) is 4.79 Å². The summed E-state index contributed by atoms with van der Waals surface area (Å²) in [6.45, 7) is 2.61. The summed E-state index contributed by atoms with van der Waals surface area (Å²) in [6, 6.07) is 4.47. The van der Waals surface area contributed by atoms with Gasteiger partial charge in [0.25, 0.3) is 5.91 Å². The minimum absolute atomic E-state index is 0.104. The van der Waals surface area contributed by atoms with Crippen molar-refractivity contribution in [3.63, 3.8) is 0 Å². The van der Waals surface area contributed by atoms with Gasteiger partial charge in [0.05, 0.1) is 5.56 Å². The topological polar surface area (TPSA) is 41.1 Å². The highest BCUT2D eigenvalue weighted by Gasteiger charge is 2.16. The molecule has 1 amide bonds. The van der Waals surface area contributed by atoms with Crippen molar-refractivity contribution < 1.29 is 9.18 Å². The van der Waals surface area contributed by atoms with Crippen LogP contribution in [0.5, 0.6) is 0 Å². The minimum Gasteiger partial charge on any atom is -0.352 e. The van der Waals surface area contributed by atoms with Crippen LogP contribution in [-0.4, -0.2) is 25.5 Å². The third-order valence-corrected chi connectivity index (χ3v) is 3.68. The number of piperidine rings is 1. The van der Waals surface area contributed by atoms with Crippen molar-refractivity contribution >= 4 is 21.8 Å². The minimum atomic E-state index is -0.493. The first-order chi connectivity index (χ1) is 8.66. The van der Waals surface area contributed by atoms with E-state index in [4.69, 9.17) is 0 Å². The van der Waals surface area contributed by atoms with Crippen LogP contribution < -0.4 is 10.6 Å². The molecule has 98 valence electrons. The zero-order chi connectivity index (χ0) is 13.0. The molecule has 0 atom stereocenters. The van der Waals surface area contributed by atoms with Crippen molar-refractivity contribution in [3.8, 4) is 0 Å². The van der Waals surface area contributed by atoms with Crippen molar-refractivity contribution in [1.29, 1.82) is 0 Å². The number of nitrogens with one attached hydrogen (secondary N) is 2. The summed E-state index contributed by atoms with van der Waals surface area (Å²) >= 11 is 3.17. The second kappa shape index (κ2) is 6.29. The smallest absolute Gasteiger partial charge is 0.254 e. The average Bonchev–Trinajstić information content (AvgIpc) is 2.37. The Hall–Kier alpha value is -0.940. The second-order valence-electron chi connectivity index (χ2n) is 4.53. The van der Waals surface area contributed by atoms with Crippen LogP contribution in [0.1, 0.15) is 23.2 Å². The Morgan fingerprint density at radius 3 is 2.83 bits per heavy atom. The van der Waals surface area contributed by atoms with E-state index in [-0.39, 0.29) is 11.5 Å². The molecule has 0 saturated carbocycles. The van der Waals surface area contributed by atoms with Gasteiger partial charge in [-0.05, 0) is 50.0 Å². The van der Waals surface area contributed by atoms with Crippen molar-refractivity contribution in [1.82, 2.24) is 10.6 Å². The zero-order valence-corrected chi connectivity index (χ0v) is 11.6. The fourth-order valence-electron chi connectivity index (χ4n) is 2.09. The number of hydrogen-bond acceptors (Lipinski definition) is 2. The summed E-state index contributed by atoms with van der Waals surface area (Å²) in [7, 11) is 0. The highest BCUT2D eigenvalue weighted by molar-refractivity contribution is 9.10. The highest BCUT2D eigenvalue weighted by Crippen LogP contribution is 2.16. The Morgan fingerprint density at radius 1 is 1.44 bits per heavy atom. The SMILES string of the molecule is O=C(NCC1CCNCC1)c1ccc(Br)cc1F. The molecule has 2 rings (SSSR count). The quantitative estimate of drug-likeness (QED) is 0.899. The first-order valence-electron chi connectivity index (χ1n) is 6.11. The van der Waals surface area contributed by atoms with Crippen LogP contribution in [0.15, 0.2) is 22.7 Å². The number of benzene rings is 1. The van der Waals surface area contributed by atoms with Crippen LogP contribution in [0.25, 0.3) is 0 Å². The standard InChI is InChI=1S/C13H16BrFN2O/c14-10-1-2-11(12(15)7-10)13(18)17-8-9-3-5-16-6-4-9/h1-2,7,9,16H,3-6,8H2,(H,17,18). The van der Waals surface area contributed by atoms with Crippen molar-refractivity contribution in [3.05, 3.63) is 34.1 Å². The van der Waals surface area contributed by atoms with Gasteiger partial charge in [0.2, 0.25) is 0 Å². The largest absolute Gasteiger partial charge is 0.352 e. The number of carbonyl (C=O) groups is 1. The third-order valence-electron chi connectivity index (χ3n) is 3.19. The fourth-order valence-corrected chi connectivity index (χ4v) is 2.42. The predicted molar refractivity (Wildman–Crippen MR) is 72.0 cm³/mol. The Labute approximate surface area is 114 Å². The molecule has 0 aromatic heterocycles. The zero-order valence-electron chi connectivity index (χ0n) is 10.0. The molecule has 1 aliphatic rings. The summed E-state index contributed by atoms with van der Waals surface area (Å²) in [4.78, 5) is 11.8. The van der Waals surface area contributed by atoms with Crippen molar-refractivity contribution in [2.45, 2.75) is 12.8 Å². The lowest BCUT2D eigenvalue weighted by atomic mass is 9.98. The van der Waals surface area contributed by atoms with E-state index in [1.807, 2.05) is 0 Å². The lowest BCUT2D eigenvalue weighted by molar-refractivity contribution is 0.0940. The maximum atomic E-state index is 13.6. The molecule has 0 unspecified atom stereocenters. The van der Waals surface area contributed by atoms with E-state index in [0.717, 1.165) is 25.9 Å². The van der Waals surface area contributed by atoms with Gasteiger partial charge >= 0.3 is 0 Å². The number of amides is 1. The normalized spacial score (nSPS) is 16.6. The molecule has 1 heterocycles. The summed E-state index contributed by atoms with van der Waals surface area (Å²) in [6.07, 6.45) is 2.12. The molecular weight excluding hydrogens is 299 g/mol. The molecule has 0 spiro atoms. The maximum absolute atomic E-state index is 13.6. The van der Waals surface area contributed by atoms with Gasteiger partial charge < -0.3 is 10.6 Å². The Kier molecular flexibility index (Phi) is 4.72.